The van der Waals surface area contributed by atoms with Crippen LogP contribution in [0.4, 0.5) is 0 Å². The predicted molar refractivity (Wildman–Crippen MR) is 96.3 cm³/mol. The first kappa shape index (κ1) is 17.5. The number of rotatable bonds is 7. The molecule has 124 valence electrons. The van der Waals surface area contributed by atoms with Crippen molar-refractivity contribution in [3.8, 4) is 0 Å². The summed E-state index contributed by atoms with van der Waals surface area (Å²) in [5, 5.41) is 10.5. The van der Waals surface area contributed by atoms with Crippen LogP contribution in [0.5, 0.6) is 0 Å². The molecule has 0 bridgehead atoms. The van der Waals surface area contributed by atoms with E-state index >= 15 is 0 Å². The first-order valence-electron chi connectivity index (χ1n) is 7.79. The topological polar surface area (TPSA) is 62.5 Å². The van der Waals surface area contributed by atoms with Gasteiger partial charge in [0.2, 0.25) is 0 Å². The Kier molecular flexibility index (Phi) is 7.13. The zero-order chi connectivity index (χ0) is 16.5. The monoisotopic (exact) mass is 378 g/mol. The number of guanidine groups is 1. The summed E-state index contributed by atoms with van der Waals surface area (Å²) >= 11 is 3.53. The van der Waals surface area contributed by atoms with Gasteiger partial charge in [-0.05, 0) is 30.0 Å². The average molecular weight is 379 g/mol. The molecule has 2 aromatic rings. The summed E-state index contributed by atoms with van der Waals surface area (Å²) in [5.74, 6) is 1.33. The number of aliphatic imine (C=N–C) groups is 1. The molecular formula is C17H23BrN4O. The van der Waals surface area contributed by atoms with Crippen molar-refractivity contribution in [3.63, 3.8) is 0 Å². The van der Waals surface area contributed by atoms with Crippen LogP contribution >= 0.6 is 15.9 Å². The fraction of sp³-hybridized carbons (Fsp3) is 0.412. The van der Waals surface area contributed by atoms with E-state index in [-0.39, 0.29) is 0 Å². The number of nitrogens with zero attached hydrogens (tertiary/aromatic N) is 2. The zero-order valence-corrected chi connectivity index (χ0v) is 15.1. The van der Waals surface area contributed by atoms with Crippen LogP contribution in [0.25, 0.3) is 0 Å². The average Bonchev–Trinajstić information content (AvgIpc) is 3.07. The minimum absolute atomic E-state index is 0.551. The predicted octanol–water partition coefficient (Wildman–Crippen LogP) is 3.37. The van der Waals surface area contributed by atoms with E-state index in [1.54, 1.807) is 13.3 Å². The SMILES string of the molecule is CCC(CNC(=NC)NCc1ccon1)Cc1cccc(Br)c1. The lowest BCUT2D eigenvalue weighted by Gasteiger charge is -2.18. The number of halogens is 1. The van der Waals surface area contributed by atoms with Crippen molar-refractivity contribution < 1.29 is 4.52 Å². The van der Waals surface area contributed by atoms with E-state index in [0.717, 1.165) is 35.5 Å². The molecule has 6 heteroatoms. The number of aromatic nitrogens is 1. The lowest BCUT2D eigenvalue weighted by Crippen LogP contribution is -2.39. The Morgan fingerprint density at radius 2 is 2.22 bits per heavy atom. The van der Waals surface area contributed by atoms with Gasteiger partial charge in [0.1, 0.15) is 12.0 Å². The van der Waals surface area contributed by atoms with Crippen molar-refractivity contribution in [2.45, 2.75) is 26.3 Å². The smallest absolute Gasteiger partial charge is 0.191 e. The van der Waals surface area contributed by atoms with E-state index in [9.17, 15) is 0 Å². The molecule has 0 saturated heterocycles. The lowest BCUT2D eigenvalue weighted by molar-refractivity contribution is 0.410. The van der Waals surface area contributed by atoms with E-state index in [1.165, 1.54) is 5.56 Å². The van der Waals surface area contributed by atoms with Crippen LogP contribution in [-0.2, 0) is 13.0 Å². The molecule has 1 atom stereocenters. The molecule has 2 N–H and O–H groups in total. The molecule has 0 aliphatic carbocycles. The van der Waals surface area contributed by atoms with Gasteiger partial charge in [0.05, 0.1) is 6.54 Å². The fourth-order valence-corrected chi connectivity index (χ4v) is 2.77. The van der Waals surface area contributed by atoms with Gasteiger partial charge in [0, 0.05) is 24.1 Å². The first-order valence-corrected chi connectivity index (χ1v) is 8.58. The Labute approximate surface area is 145 Å². The maximum Gasteiger partial charge on any atom is 0.191 e. The molecule has 0 fully saturated rings. The van der Waals surface area contributed by atoms with E-state index in [4.69, 9.17) is 4.52 Å². The van der Waals surface area contributed by atoms with Crippen molar-refractivity contribution in [2.75, 3.05) is 13.6 Å². The highest BCUT2D eigenvalue weighted by Gasteiger charge is 2.09. The van der Waals surface area contributed by atoms with Gasteiger partial charge < -0.3 is 15.2 Å². The second kappa shape index (κ2) is 9.35. The molecule has 1 unspecified atom stereocenters. The summed E-state index contributed by atoms with van der Waals surface area (Å²) in [5.41, 5.74) is 2.20. The third-order valence-electron chi connectivity index (χ3n) is 3.70. The van der Waals surface area contributed by atoms with Gasteiger partial charge in [-0.25, -0.2) is 0 Å². The highest BCUT2D eigenvalue weighted by Crippen LogP contribution is 2.16. The van der Waals surface area contributed by atoms with E-state index in [0.29, 0.717) is 12.5 Å². The first-order chi connectivity index (χ1) is 11.2. The molecule has 0 spiro atoms. The van der Waals surface area contributed by atoms with Crippen molar-refractivity contribution in [1.82, 2.24) is 15.8 Å². The van der Waals surface area contributed by atoms with Crippen LogP contribution < -0.4 is 10.6 Å². The molecule has 23 heavy (non-hydrogen) atoms. The number of hydrogen-bond acceptors (Lipinski definition) is 3. The molecule has 0 radical (unpaired) electrons. The van der Waals surface area contributed by atoms with Crippen molar-refractivity contribution >= 4 is 21.9 Å². The Morgan fingerprint density at radius 1 is 1.35 bits per heavy atom. The molecule has 1 heterocycles. The van der Waals surface area contributed by atoms with Crippen LogP contribution in [0, 0.1) is 5.92 Å². The number of nitrogens with one attached hydrogen (secondary N) is 2. The van der Waals surface area contributed by atoms with Crippen LogP contribution in [0.1, 0.15) is 24.6 Å². The molecule has 0 aliphatic rings. The third-order valence-corrected chi connectivity index (χ3v) is 4.19. The highest BCUT2D eigenvalue weighted by molar-refractivity contribution is 9.10. The number of hydrogen-bond donors (Lipinski definition) is 2. The van der Waals surface area contributed by atoms with E-state index < -0.39 is 0 Å². The standard InChI is InChI=1S/C17H23BrN4O/c1-3-13(9-14-5-4-6-15(18)10-14)11-20-17(19-2)21-12-16-7-8-23-22-16/h4-8,10,13H,3,9,11-12H2,1-2H3,(H2,19,20,21). The quantitative estimate of drug-likeness (QED) is 0.572. The van der Waals surface area contributed by atoms with Gasteiger partial charge in [-0.1, -0.05) is 46.6 Å². The molecule has 2 rings (SSSR count). The Hall–Kier alpha value is -1.82. The fourth-order valence-electron chi connectivity index (χ4n) is 2.32. The van der Waals surface area contributed by atoms with Gasteiger partial charge in [-0.3, -0.25) is 4.99 Å². The van der Waals surface area contributed by atoms with Gasteiger partial charge in [0.15, 0.2) is 5.96 Å². The molecule has 0 amide bonds. The Balaban J connectivity index is 1.81. The van der Waals surface area contributed by atoms with Gasteiger partial charge in [-0.2, -0.15) is 0 Å². The second-order valence-electron chi connectivity index (χ2n) is 5.41. The third kappa shape index (κ3) is 6.06. The molecule has 0 saturated carbocycles. The molecule has 0 aliphatic heterocycles. The largest absolute Gasteiger partial charge is 0.364 e. The molecule has 1 aromatic carbocycles. The zero-order valence-electron chi connectivity index (χ0n) is 13.6. The summed E-state index contributed by atoms with van der Waals surface area (Å²) in [6.07, 6.45) is 3.72. The van der Waals surface area contributed by atoms with E-state index in [1.807, 2.05) is 6.07 Å². The molecule has 5 nitrogen and oxygen atoms in total. The maximum atomic E-state index is 4.82. The van der Waals surface area contributed by atoms with Gasteiger partial charge in [-0.15, -0.1) is 0 Å². The normalized spacial score (nSPS) is 12.9. The minimum Gasteiger partial charge on any atom is -0.364 e. The van der Waals surface area contributed by atoms with Gasteiger partial charge >= 0.3 is 0 Å². The summed E-state index contributed by atoms with van der Waals surface area (Å²) < 4.78 is 5.95. The summed E-state index contributed by atoms with van der Waals surface area (Å²) in [7, 11) is 1.77. The van der Waals surface area contributed by atoms with E-state index in [2.05, 4.69) is 67.9 Å². The Bertz CT molecular complexity index is 613. The van der Waals surface area contributed by atoms with Crippen molar-refractivity contribution in [1.29, 1.82) is 0 Å². The summed E-state index contributed by atoms with van der Waals surface area (Å²) in [6.45, 7) is 3.69. The summed E-state index contributed by atoms with van der Waals surface area (Å²) in [4.78, 5) is 4.24. The molecular weight excluding hydrogens is 356 g/mol. The van der Waals surface area contributed by atoms with Crippen LogP contribution in [-0.4, -0.2) is 24.7 Å². The minimum atomic E-state index is 0.551. The summed E-state index contributed by atoms with van der Waals surface area (Å²) in [6, 6.07) is 10.3. The van der Waals surface area contributed by atoms with Gasteiger partial charge in [0.25, 0.3) is 0 Å². The second-order valence-corrected chi connectivity index (χ2v) is 6.32. The molecule has 1 aromatic heterocycles. The highest BCUT2D eigenvalue weighted by atomic mass is 79.9. The number of benzene rings is 1. The van der Waals surface area contributed by atoms with Crippen LogP contribution in [0.15, 0.2) is 50.6 Å². The maximum absolute atomic E-state index is 4.82. The van der Waals surface area contributed by atoms with Crippen molar-refractivity contribution in [2.24, 2.45) is 10.9 Å². The van der Waals surface area contributed by atoms with Crippen LogP contribution in [0.3, 0.4) is 0 Å². The lowest BCUT2D eigenvalue weighted by atomic mass is 9.97. The van der Waals surface area contributed by atoms with Crippen molar-refractivity contribution in [3.05, 3.63) is 52.3 Å². The van der Waals surface area contributed by atoms with Crippen LogP contribution in [0.2, 0.25) is 0 Å². The Morgan fingerprint density at radius 3 is 2.87 bits per heavy atom.